The molecule has 25 heavy (non-hydrogen) atoms. The number of sulfonamides is 1. The average Bonchev–Trinajstić information content (AvgIpc) is 2.84. The molecule has 0 aromatic heterocycles. The zero-order valence-corrected chi connectivity index (χ0v) is 16.3. The maximum Gasteiger partial charge on any atom is 0.243 e. The standard InChI is InChI=1S/C20H24ClNO2S/c1-15-11-12-16(2)20(14-15)25(23,24)22-13-7-3-4-10-19(22)17-8-5-6-9-18(17)21/h5-6,8-9,11-12,14,19H,3-4,7,10,13H2,1-2H3. The number of aryl methyl sites for hydroxylation is 2. The molecule has 0 radical (unpaired) electrons. The molecule has 1 saturated heterocycles. The highest BCUT2D eigenvalue weighted by atomic mass is 35.5. The zero-order chi connectivity index (χ0) is 18.0. The van der Waals surface area contributed by atoms with Crippen LogP contribution in [0.15, 0.2) is 47.4 Å². The first-order valence-electron chi connectivity index (χ1n) is 8.75. The van der Waals surface area contributed by atoms with Gasteiger partial charge in [0.15, 0.2) is 0 Å². The zero-order valence-electron chi connectivity index (χ0n) is 14.7. The lowest BCUT2D eigenvalue weighted by atomic mass is 10.0. The molecule has 0 bridgehead atoms. The maximum absolute atomic E-state index is 13.5. The van der Waals surface area contributed by atoms with E-state index in [1.807, 2.05) is 50.2 Å². The number of nitrogens with zero attached hydrogens (tertiary/aromatic N) is 1. The summed E-state index contributed by atoms with van der Waals surface area (Å²) in [6.45, 7) is 4.31. The topological polar surface area (TPSA) is 37.4 Å². The predicted octanol–water partition coefficient (Wildman–Crippen LogP) is 5.26. The van der Waals surface area contributed by atoms with Crippen LogP contribution in [0.4, 0.5) is 0 Å². The summed E-state index contributed by atoms with van der Waals surface area (Å²) in [5, 5.41) is 0.635. The second kappa shape index (κ2) is 7.48. The van der Waals surface area contributed by atoms with Crippen LogP contribution in [0.25, 0.3) is 0 Å². The molecule has 0 saturated carbocycles. The molecule has 5 heteroatoms. The van der Waals surface area contributed by atoms with Crippen LogP contribution in [0.5, 0.6) is 0 Å². The first kappa shape index (κ1) is 18.4. The lowest BCUT2D eigenvalue weighted by Crippen LogP contribution is -2.35. The average molecular weight is 378 g/mol. The van der Waals surface area contributed by atoms with Gasteiger partial charge >= 0.3 is 0 Å². The van der Waals surface area contributed by atoms with Gasteiger partial charge in [0, 0.05) is 11.6 Å². The highest BCUT2D eigenvalue weighted by molar-refractivity contribution is 7.89. The molecule has 2 aromatic carbocycles. The van der Waals surface area contributed by atoms with Crippen molar-refractivity contribution in [2.45, 2.75) is 50.5 Å². The Balaban J connectivity index is 2.10. The largest absolute Gasteiger partial charge is 0.243 e. The normalized spacial score (nSPS) is 19.6. The molecule has 1 atom stereocenters. The molecule has 2 aromatic rings. The molecule has 0 aliphatic carbocycles. The minimum Gasteiger partial charge on any atom is -0.207 e. The molecule has 0 spiro atoms. The van der Waals surface area contributed by atoms with Crippen LogP contribution < -0.4 is 0 Å². The van der Waals surface area contributed by atoms with E-state index >= 15 is 0 Å². The van der Waals surface area contributed by atoms with Gasteiger partial charge in [0.2, 0.25) is 10.0 Å². The molecule has 0 amide bonds. The molecule has 3 rings (SSSR count). The third-order valence-electron chi connectivity index (χ3n) is 4.90. The first-order chi connectivity index (χ1) is 11.9. The Hall–Kier alpha value is -1.36. The molecular weight excluding hydrogens is 354 g/mol. The minimum absolute atomic E-state index is 0.207. The SMILES string of the molecule is Cc1ccc(C)c(S(=O)(=O)N2CCCCCC2c2ccccc2Cl)c1. The Morgan fingerprint density at radius 1 is 1.04 bits per heavy atom. The third-order valence-corrected chi connectivity index (χ3v) is 7.29. The number of benzene rings is 2. The van der Waals surface area contributed by atoms with Gasteiger partial charge in [-0.25, -0.2) is 8.42 Å². The van der Waals surface area contributed by atoms with Gasteiger partial charge in [-0.2, -0.15) is 4.31 Å². The lowest BCUT2D eigenvalue weighted by Gasteiger charge is -2.30. The second-order valence-corrected chi connectivity index (χ2v) is 9.04. The van der Waals surface area contributed by atoms with E-state index in [0.29, 0.717) is 16.5 Å². The van der Waals surface area contributed by atoms with E-state index < -0.39 is 10.0 Å². The fraction of sp³-hybridized carbons (Fsp3) is 0.400. The lowest BCUT2D eigenvalue weighted by molar-refractivity contribution is 0.329. The van der Waals surface area contributed by atoms with Crippen molar-refractivity contribution in [2.24, 2.45) is 0 Å². The Morgan fingerprint density at radius 3 is 2.56 bits per heavy atom. The van der Waals surface area contributed by atoms with Crippen LogP contribution in [-0.4, -0.2) is 19.3 Å². The summed E-state index contributed by atoms with van der Waals surface area (Å²) in [7, 11) is -3.58. The van der Waals surface area contributed by atoms with E-state index in [-0.39, 0.29) is 6.04 Å². The van der Waals surface area contributed by atoms with E-state index in [1.54, 1.807) is 10.4 Å². The van der Waals surface area contributed by atoms with Gasteiger partial charge in [-0.15, -0.1) is 0 Å². The van der Waals surface area contributed by atoms with Gasteiger partial charge in [-0.3, -0.25) is 0 Å². The van der Waals surface area contributed by atoms with Gasteiger partial charge < -0.3 is 0 Å². The summed E-state index contributed by atoms with van der Waals surface area (Å²) in [6, 6.07) is 13.0. The van der Waals surface area contributed by atoms with Gasteiger partial charge in [0.25, 0.3) is 0 Å². The van der Waals surface area contributed by atoms with Crippen molar-refractivity contribution in [3.8, 4) is 0 Å². The van der Waals surface area contributed by atoms with Crippen molar-refractivity contribution in [3.05, 3.63) is 64.2 Å². The highest BCUT2D eigenvalue weighted by Gasteiger charge is 2.35. The van der Waals surface area contributed by atoms with Gasteiger partial charge in [-0.1, -0.05) is 54.8 Å². The van der Waals surface area contributed by atoms with Crippen molar-refractivity contribution < 1.29 is 8.42 Å². The molecule has 0 N–H and O–H groups in total. The summed E-state index contributed by atoms with van der Waals surface area (Å²) in [5.74, 6) is 0. The molecular formula is C20H24ClNO2S. The Labute approximate surface area is 155 Å². The van der Waals surface area contributed by atoms with Gasteiger partial charge in [-0.05, 0) is 55.5 Å². The van der Waals surface area contributed by atoms with E-state index in [4.69, 9.17) is 11.6 Å². The van der Waals surface area contributed by atoms with E-state index in [0.717, 1.165) is 42.4 Å². The Kier molecular flexibility index (Phi) is 5.52. The second-order valence-electron chi connectivity index (χ2n) is 6.77. The summed E-state index contributed by atoms with van der Waals surface area (Å²) in [6.07, 6.45) is 3.73. The van der Waals surface area contributed by atoms with Crippen molar-refractivity contribution in [3.63, 3.8) is 0 Å². The summed E-state index contributed by atoms with van der Waals surface area (Å²) in [5.41, 5.74) is 2.64. The molecule has 1 unspecified atom stereocenters. The van der Waals surface area contributed by atoms with E-state index in [9.17, 15) is 8.42 Å². The summed E-state index contributed by atoms with van der Waals surface area (Å²) in [4.78, 5) is 0.409. The van der Waals surface area contributed by atoms with Crippen molar-refractivity contribution >= 4 is 21.6 Å². The van der Waals surface area contributed by atoms with E-state index in [2.05, 4.69) is 0 Å². The Bertz CT molecular complexity index is 864. The molecule has 1 heterocycles. The fourth-order valence-corrected chi connectivity index (χ4v) is 5.78. The number of hydrogen-bond acceptors (Lipinski definition) is 2. The minimum atomic E-state index is -3.58. The molecule has 134 valence electrons. The monoisotopic (exact) mass is 377 g/mol. The first-order valence-corrected chi connectivity index (χ1v) is 10.6. The summed E-state index contributed by atoms with van der Waals surface area (Å²) < 4.78 is 28.7. The third kappa shape index (κ3) is 3.76. The Morgan fingerprint density at radius 2 is 1.80 bits per heavy atom. The molecule has 1 fully saturated rings. The van der Waals surface area contributed by atoms with Crippen molar-refractivity contribution in [2.75, 3.05) is 6.54 Å². The van der Waals surface area contributed by atoms with E-state index in [1.165, 1.54) is 0 Å². The van der Waals surface area contributed by atoms with Crippen LogP contribution in [-0.2, 0) is 10.0 Å². The van der Waals surface area contributed by atoms with Gasteiger partial charge in [0.05, 0.1) is 10.9 Å². The quantitative estimate of drug-likeness (QED) is 0.731. The maximum atomic E-state index is 13.5. The van der Waals surface area contributed by atoms with Crippen LogP contribution in [0.1, 0.15) is 48.4 Å². The molecule has 1 aliphatic rings. The predicted molar refractivity (Wildman–Crippen MR) is 102 cm³/mol. The number of rotatable bonds is 3. The number of halogens is 1. The van der Waals surface area contributed by atoms with Gasteiger partial charge in [0.1, 0.15) is 0 Å². The highest BCUT2D eigenvalue weighted by Crippen LogP contribution is 2.38. The molecule has 1 aliphatic heterocycles. The fourth-order valence-electron chi connectivity index (χ4n) is 3.54. The summed E-state index contributed by atoms with van der Waals surface area (Å²) >= 11 is 6.41. The van der Waals surface area contributed by atoms with Crippen LogP contribution in [0, 0.1) is 13.8 Å². The van der Waals surface area contributed by atoms with Crippen molar-refractivity contribution in [1.82, 2.24) is 4.31 Å². The molecule has 3 nitrogen and oxygen atoms in total. The smallest absolute Gasteiger partial charge is 0.207 e. The van der Waals surface area contributed by atoms with Crippen molar-refractivity contribution in [1.29, 1.82) is 0 Å². The van der Waals surface area contributed by atoms with Crippen LogP contribution >= 0.6 is 11.6 Å². The van der Waals surface area contributed by atoms with Crippen LogP contribution in [0.3, 0.4) is 0 Å². The number of hydrogen-bond donors (Lipinski definition) is 0. The van der Waals surface area contributed by atoms with Crippen LogP contribution in [0.2, 0.25) is 5.02 Å².